The summed E-state index contributed by atoms with van der Waals surface area (Å²) < 4.78 is 5.54. The van der Waals surface area contributed by atoms with Crippen molar-refractivity contribution in [2.45, 2.75) is 25.7 Å². The van der Waals surface area contributed by atoms with E-state index >= 15 is 0 Å². The van der Waals surface area contributed by atoms with Gasteiger partial charge in [-0.2, -0.15) is 0 Å². The van der Waals surface area contributed by atoms with Crippen LogP contribution in [-0.4, -0.2) is 23.6 Å². The molecular formula is C19H21NO4. The quantitative estimate of drug-likeness (QED) is 0.691. The van der Waals surface area contributed by atoms with Crippen molar-refractivity contribution in [2.24, 2.45) is 0 Å². The predicted molar refractivity (Wildman–Crippen MR) is 92.2 cm³/mol. The maximum atomic E-state index is 11.9. The third-order valence-corrected chi connectivity index (χ3v) is 3.43. The fourth-order valence-corrected chi connectivity index (χ4v) is 2.17. The molecule has 0 bridgehead atoms. The van der Waals surface area contributed by atoms with E-state index in [2.05, 4.69) is 5.32 Å². The van der Waals surface area contributed by atoms with Crippen LogP contribution in [0, 0.1) is 0 Å². The Hall–Kier alpha value is -2.82. The number of anilines is 1. The van der Waals surface area contributed by atoms with Crippen molar-refractivity contribution >= 4 is 17.6 Å². The highest BCUT2D eigenvalue weighted by atomic mass is 16.5. The topological polar surface area (TPSA) is 75.6 Å². The minimum absolute atomic E-state index is 0.0649. The first kappa shape index (κ1) is 17.5. The molecule has 2 aromatic rings. The summed E-state index contributed by atoms with van der Waals surface area (Å²) in [6, 6.07) is 16.7. The van der Waals surface area contributed by atoms with E-state index in [1.165, 1.54) is 0 Å². The molecule has 5 nitrogen and oxygen atoms in total. The van der Waals surface area contributed by atoms with Crippen molar-refractivity contribution < 1.29 is 19.4 Å². The monoisotopic (exact) mass is 327 g/mol. The zero-order chi connectivity index (χ0) is 17.2. The summed E-state index contributed by atoms with van der Waals surface area (Å²) in [7, 11) is 0. The van der Waals surface area contributed by atoms with Crippen LogP contribution in [0.15, 0.2) is 54.6 Å². The molecule has 126 valence electrons. The molecule has 0 spiro atoms. The zero-order valence-electron chi connectivity index (χ0n) is 13.4. The highest BCUT2D eigenvalue weighted by Crippen LogP contribution is 2.12. The number of carboxylic acids is 1. The van der Waals surface area contributed by atoms with Gasteiger partial charge in [-0.1, -0.05) is 30.3 Å². The Morgan fingerprint density at radius 2 is 1.67 bits per heavy atom. The number of carbonyl (C=O) groups is 2. The Bertz CT molecular complexity index is 653. The van der Waals surface area contributed by atoms with Gasteiger partial charge in [-0.05, 0) is 42.7 Å². The number of hydrogen-bond acceptors (Lipinski definition) is 3. The van der Waals surface area contributed by atoms with Crippen molar-refractivity contribution in [1.29, 1.82) is 0 Å². The van der Waals surface area contributed by atoms with Gasteiger partial charge >= 0.3 is 5.97 Å². The number of rotatable bonds is 9. The molecule has 0 fully saturated rings. The van der Waals surface area contributed by atoms with E-state index in [9.17, 15) is 9.59 Å². The lowest BCUT2D eigenvalue weighted by Gasteiger charge is -2.07. The second-order valence-electron chi connectivity index (χ2n) is 5.40. The van der Waals surface area contributed by atoms with Crippen LogP contribution < -0.4 is 10.1 Å². The lowest BCUT2D eigenvalue weighted by Crippen LogP contribution is -2.12. The van der Waals surface area contributed by atoms with Crippen LogP contribution in [0.1, 0.15) is 24.8 Å². The molecule has 0 aliphatic rings. The van der Waals surface area contributed by atoms with Gasteiger partial charge in [0.2, 0.25) is 5.91 Å². The third-order valence-electron chi connectivity index (χ3n) is 3.43. The van der Waals surface area contributed by atoms with E-state index in [1.807, 2.05) is 42.5 Å². The largest absolute Gasteiger partial charge is 0.494 e. The number of nitrogens with one attached hydrogen (secondary N) is 1. The summed E-state index contributed by atoms with van der Waals surface area (Å²) in [5.74, 6) is -0.0788. The van der Waals surface area contributed by atoms with Crippen molar-refractivity contribution in [3.05, 3.63) is 60.2 Å². The number of benzene rings is 2. The van der Waals surface area contributed by atoms with Crippen molar-refractivity contribution in [2.75, 3.05) is 11.9 Å². The number of para-hydroxylation sites is 1. The number of aliphatic carboxylic acids is 1. The number of ether oxygens (including phenoxy) is 1. The molecule has 2 N–H and O–H groups in total. The number of hydrogen-bond donors (Lipinski definition) is 2. The number of carbonyl (C=O) groups excluding carboxylic acids is 1. The molecule has 0 atom stereocenters. The molecule has 0 aliphatic heterocycles. The van der Waals surface area contributed by atoms with E-state index in [1.54, 1.807) is 12.1 Å². The average molecular weight is 327 g/mol. The van der Waals surface area contributed by atoms with Gasteiger partial charge in [0, 0.05) is 18.5 Å². The first-order valence-electron chi connectivity index (χ1n) is 7.92. The van der Waals surface area contributed by atoms with Crippen LogP contribution >= 0.6 is 0 Å². The molecule has 0 saturated heterocycles. The summed E-state index contributed by atoms with van der Waals surface area (Å²) in [6.45, 7) is 0.492. The standard InChI is InChI=1S/C19H21NO4/c21-18(7-4-14-24-17-5-2-1-3-6-17)20-16-11-8-15(9-12-16)10-13-19(22)23/h1-3,5-6,8-9,11-12H,4,7,10,13-14H2,(H,20,21)(H,22,23). The van der Waals surface area contributed by atoms with Crippen LogP contribution in [-0.2, 0) is 16.0 Å². The second kappa shape index (κ2) is 9.35. The van der Waals surface area contributed by atoms with Crippen LogP contribution in [0.4, 0.5) is 5.69 Å². The molecule has 1 amide bonds. The number of aryl methyl sites for hydroxylation is 1. The molecule has 5 heteroatoms. The Labute approximate surface area is 141 Å². The summed E-state index contributed by atoms with van der Waals surface area (Å²) in [5.41, 5.74) is 1.65. The Morgan fingerprint density at radius 1 is 0.958 bits per heavy atom. The third kappa shape index (κ3) is 6.52. The summed E-state index contributed by atoms with van der Waals surface area (Å²) >= 11 is 0. The van der Waals surface area contributed by atoms with Gasteiger partial charge in [0.25, 0.3) is 0 Å². The van der Waals surface area contributed by atoms with Gasteiger partial charge in [-0.3, -0.25) is 9.59 Å². The van der Waals surface area contributed by atoms with E-state index < -0.39 is 5.97 Å². The number of amides is 1. The van der Waals surface area contributed by atoms with E-state index in [4.69, 9.17) is 9.84 Å². The Kier molecular flexibility index (Phi) is 6.83. The van der Waals surface area contributed by atoms with Gasteiger partial charge < -0.3 is 15.2 Å². The van der Waals surface area contributed by atoms with Gasteiger partial charge in [-0.15, -0.1) is 0 Å². The van der Waals surface area contributed by atoms with E-state index in [0.29, 0.717) is 31.6 Å². The van der Waals surface area contributed by atoms with Gasteiger partial charge in [0.1, 0.15) is 5.75 Å². The maximum Gasteiger partial charge on any atom is 0.303 e. The van der Waals surface area contributed by atoms with E-state index in [0.717, 1.165) is 11.3 Å². The Balaban J connectivity index is 1.67. The molecule has 0 unspecified atom stereocenters. The molecule has 2 aromatic carbocycles. The Morgan fingerprint density at radius 3 is 2.33 bits per heavy atom. The molecule has 0 aromatic heterocycles. The van der Waals surface area contributed by atoms with Crippen LogP contribution in [0.3, 0.4) is 0 Å². The summed E-state index contributed by atoms with van der Waals surface area (Å²) in [4.78, 5) is 22.4. The molecule has 0 radical (unpaired) electrons. The van der Waals surface area contributed by atoms with Crippen LogP contribution in [0.25, 0.3) is 0 Å². The van der Waals surface area contributed by atoms with Gasteiger partial charge in [-0.25, -0.2) is 0 Å². The minimum Gasteiger partial charge on any atom is -0.494 e. The van der Waals surface area contributed by atoms with Crippen molar-refractivity contribution in [3.63, 3.8) is 0 Å². The van der Waals surface area contributed by atoms with Crippen molar-refractivity contribution in [3.8, 4) is 5.75 Å². The highest BCUT2D eigenvalue weighted by molar-refractivity contribution is 5.90. The smallest absolute Gasteiger partial charge is 0.303 e. The first-order chi connectivity index (χ1) is 11.6. The summed E-state index contributed by atoms with van der Waals surface area (Å²) in [5, 5.41) is 11.5. The van der Waals surface area contributed by atoms with Crippen molar-refractivity contribution in [1.82, 2.24) is 0 Å². The lowest BCUT2D eigenvalue weighted by molar-refractivity contribution is -0.137. The second-order valence-corrected chi connectivity index (χ2v) is 5.40. The highest BCUT2D eigenvalue weighted by Gasteiger charge is 2.04. The number of carboxylic acid groups (broad SMARTS) is 1. The van der Waals surface area contributed by atoms with Crippen LogP contribution in [0.5, 0.6) is 5.75 Å². The molecular weight excluding hydrogens is 306 g/mol. The average Bonchev–Trinajstić information content (AvgIpc) is 2.59. The molecule has 2 rings (SSSR count). The van der Waals surface area contributed by atoms with Crippen LogP contribution in [0.2, 0.25) is 0 Å². The molecule has 0 aliphatic carbocycles. The molecule has 24 heavy (non-hydrogen) atoms. The normalized spacial score (nSPS) is 10.2. The lowest BCUT2D eigenvalue weighted by atomic mass is 10.1. The SMILES string of the molecule is O=C(O)CCc1ccc(NC(=O)CCCOc2ccccc2)cc1. The fourth-order valence-electron chi connectivity index (χ4n) is 2.17. The van der Waals surface area contributed by atoms with E-state index in [-0.39, 0.29) is 12.3 Å². The first-order valence-corrected chi connectivity index (χ1v) is 7.92. The minimum atomic E-state index is -0.815. The van der Waals surface area contributed by atoms with Gasteiger partial charge in [0.05, 0.1) is 6.61 Å². The molecule has 0 saturated carbocycles. The predicted octanol–water partition coefficient (Wildman–Crippen LogP) is 3.50. The zero-order valence-corrected chi connectivity index (χ0v) is 13.4. The fraction of sp³-hybridized carbons (Fsp3) is 0.263. The summed E-state index contributed by atoms with van der Waals surface area (Å²) in [6.07, 6.45) is 1.61. The van der Waals surface area contributed by atoms with Gasteiger partial charge in [0.15, 0.2) is 0 Å². The molecule has 0 heterocycles. The maximum absolute atomic E-state index is 11.9.